The minimum atomic E-state index is -0.505. The highest BCUT2D eigenvalue weighted by atomic mass is 35.5. The topological polar surface area (TPSA) is 98.1 Å². The second kappa shape index (κ2) is 13.3. The molecule has 1 aromatic carbocycles. The first kappa shape index (κ1) is 31.6. The predicted molar refractivity (Wildman–Crippen MR) is 169 cm³/mol. The van der Waals surface area contributed by atoms with Crippen LogP contribution < -0.4 is 9.80 Å². The van der Waals surface area contributed by atoms with Gasteiger partial charge < -0.3 is 14.7 Å². The largest absolute Gasteiger partial charge is 0.361 e. The molecule has 0 saturated carbocycles. The molecule has 1 saturated heterocycles. The van der Waals surface area contributed by atoms with Crippen molar-refractivity contribution in [2.45, 2.75) is 32.7 Å². The Balaban J connectivity index is 1.99. The van der Waals surface area contributed by atoms with Gasteiger partial charge in [0.25, 0.3) is 0 Å². The molecular formula is C31H36ClFN8O2. The number of anilines is 3. The van der Waals surface area contributed by atoms with Crippen LogP contribution in [0.15, 0.2) is 54.3 Å². The molecule has 1 fully saturated rings. The second-order valence-electron chi connectivity index (χ2n) is 10.7. The second-order valence-corrected chi connectivity index (χ2v) is 11.1. The molecule has 3 heterocycles. The van der Waals surface area contributed by atoms with Crippen LogP contribution in [0.4, 0.5) is 21.7 Å². The number of aromatic nitrogens is 3. The van der Waals surface area contributed by atoms with Crippen LogP contribution >= 0.6 is 11.6 Å². The van der Waals surface area contributed by atoms with Gasteiger partial charge >= 0.3 is 0 Å². The Bertz CT molecular complexity index is 1530. The monoisotopic (exact) mass is 606 g/mol. The van der Waals surface area contributed by atoms with Crippen molar-refractivity contribution in [1.29, 1.82) is 0 Å². The summed E-state index contributed by atoms with van der Waals surface area (Å²) in [6.45, 7) is 10.9. The fourth-order valence-electron chi connectivity index (χ4n) is 5.25. The summed E-state index contributed by atoms with van der Waals surface area (Å²) in [6, 6.07) is 7.71. The van der Waals surface area contributed by atoms with Gasteiger partial charge in [0.2, 0.25) is 12.3 Å². The highest BCUT2D eigenvalue weighted by Crippen LogP contribution is 2.40. The molecule has 0 spiro atoms. The normalized spacial score (nSPS) is 15.5. The van der Waals surface area contributed by atoms with E-state index in [-0.39, 0.29) is 40.0 Å². The van der Waals surface area contributed by atoms with Crippen molar-refractivity contribution in [3.63, 3.8) is 0 Å². The number of halogens is 2. The first-order valence-corrected chi connectivity index (χ1v) is 14.3. The van der Waals surface area contributed by atoms with Gasteiger partial charge in [0.05, 0.1) is 22.0 Å². The third-order valence-corrected chi connectivity index (χ3v) is 7.59. The molecule has 2 amide bonds. The van der Waals surface area contributed by atoms with Crippen molar-refractivity contribution < 1.29 is 14.0 Å². The van der Waals surface area contributed by atoms with E-state index in [0.29, 0.717) is 54.6 Å². The van der Waals surface area contributed by atoms with Crippen LogP contribution in [-0.2, 0) is 9.59 Å². The van der Waals surface area contributed by atoms with Crippen LogP contribution in [0.3, 0.4) is 0 Å². The first-order chi connectivity index (χ1) is 20.5. The fourth-order valence-corrected chi connectivity index (χ4v) is 5.50. The van der Waals surface area contributed by atoms with Crippen molar-refractivity contribution in [2.75, 3.05) is 50.6 Å². The zero-order valence-corrected chi connectivity index (χ0v) is 26.0. The van der Waals surface area contributed by atoms with Gasteiger partial charge in [-0.2, -0.15) is 0 Å². The van der Waals surface area contributed by atoms with Crippen LogP contribution in [-0.4, -0.2) is 89.7 Å². The van der Waals surface area contributed by atoms with Gasteiger partial charge in [0.15, 0.2) is 11.6 Å². The number of nitrogens with zero attached hydrogens (tertiary/aromatic N) is 8. The molecule has 12 heteroatoms. The minimum absolute atomic E-state index is 0.0734. The fraction of sp³-hybridized carbons (Fsp3) is 0.355. The van der Waals surface area contributed by atoms with Gasteiger partial charge in [0.1, 0.15) is 23.7 Å². The molecule has 2 aromatic heterocycles. The number of carbonyl (C=O) groups excluding carboxylic acids is 2. The number of pyridine rings is 1. The molecule has 43 heavy (non-hydrogen) atoms. The summed E-state index contributed by atoms with van der Waals surface area (Å²) >= 11 is 6.82. The molecule has 0 N–H and O–H groups in total. The Kier molecular flexibility index (Phi) is 9.75. The van der Waals surface area contributed by atoms with Crippen LogP contribution in [0.1, 0.15) is 37.9 Å². The molecule has 0 radical (unpaired) electrons. The van der Waals surface area contributed by atoms with E-state index in [1.807, 2.05) is 39.8 Å². The molecule has 10 nitrogen and oxygen atoms in total. The average Bonchev–Trinajstić information content (AvgIpc) is 2.99. The summed E-state index contributed by atoms with van der Waals surface area (Å²) in [5, 5.41) is 0.185. The first-order valence-electron chi connectivity index (χ1n) is 13.9. The summed E-state index contributed by atoms with van der Waals surface area (Å²) in [4.78, 5) is 50.9. The van der Waals surface area contributed by atoms with Gasteiger partial charge in [-0.3, -0.25) is 19.5 Å². The summed E-state index contributed by atoms with van der Waals surface area (Å²) in [5.74, 6) is 0.485. The number of hydrogen-bond acceptors (Lipinski definition) is 7. The molecule has 1 aliphatic rings. The molecular weight excluding hydrogens is 571 g/mol. The van der Waals surface area contributed by atoms with Gasteiger partial charge in [-0.1, -0.05) is 44.2 Å². The summed E-state index contributed by atoms with van der Waals surface area (Å²) in [7, 11) is 5.29. The Morgan fingerprint density at radius 3 is 2.51 bits per heavy atom. The van der Waals surface area contributed by atoms with E-state index in [1.165, 1.54) is 23.4 Å². The van der Waals surface area contributed by atoms with Gasteiger partial charge in [-0.15, -0.1) is 0 Å². The van der Waals surface area contributed by atoms with Crippen molar-refractivity contribution in [2.24, 2.45) is 4.99 Å². The van der Waals surface area contributed by atoms with Crippen molar-refractivity contribution in [3.05, 3.63) is 71.4 Å². The van der Waals surface area contributed by atoms with E-state index in [9.17, 15) is 9.59 Å². The molecule has 226 valence electrons. The Labute approximate surface area is 256 Å². The lowest BCUT2D eigenvalue weighted by atomic mass is 10.0. The molecule has 1 atom stereocenters. The van der Waals surface area contributed by atoms with Crippen LogP contribution in [0.2, 0.25) is 5.02 Å². The zero-order chi connectivity index (χ0) is 31.4. The average molecular weight is 607 g/mol. The summed E-state index contributed by atoms with van der Waals surface area (Å²) in [6.07, 6.45) is 3.42. The number of rotatable bonds is 8. The molecule has 1 aliphatic heterocycles. The van der Waals surface area contributed by atoms with E-state index in [1.54, 1.807) is 41.1 Å². The quantitative estimate of drug-likeness (QED) is 0.156. The maximum atomic E-state index is 15.1. The highest BCUT2D eigenvalue weighted by molar-refractivity contribution is 6.33. The van der Waals surface area contributed by atoms with E-state index in [2.05, 4.69) is 21.5 Å². The number of benzene rings is 1. The molecule has 3 aromatic rings. The number of aliphatic imine (C=N–C) groups is 1. The Morgan fingerprint density at radius 2 is 1.93 bits per heavy atom. The van der Waals surface area contributed by atoms with E-state index < -0.39 is 5.82 Å². The Morgan fingerprint density at radius 1 is 1.21 bits per heavy atom. The van der Waals surface area contributed by atoms with Gasteiger partial charge in [0, 0.05) is 52.4 Å². The summed E-state index contributed by atoms with van der Waals surface area (Å²) in [5.41, 5.74) is 1.88. The van der Waals surface area contributed by atoms with E-state index in [4.69, 9.17) is 16.6 Å². The molecule has 0 bridgehead atoms. The van der Waals surface area contributed by atoms with Crippen LogP contribution in [0.5, 0.6) is 0 Å². The molecule has 4 rings (SSSR count). The van der Waals surface area contributed by atoms with Crippen molar-refractivity contribution >= 4 is 47.1 Å². The smallest absolute Gasteiger partial charge is 0.246 e. The van der Waals surface area contributed by atoms with Crippen molar-refractivity contribution in [3.8, 4) is 11.3 Å². The Hall–Kier alpha value is -4.38. The third-order valence-electron chi connectivity index (χ3n) is 7.30. The maximum Gasteiger partial charge on any atom is 0.246 e. The van der Waals surface area contributed by atoms with Gasteiger partial charge in [-0.05, 0) is 37.1 Å². The standard InChI is InChI=1S/C31H36ClFN8O2/c1-8-25(43)39-13-14-40(20(4)16-39)29(34-5)22-15-23(32)27(21-11-9-10-12-24(21)33)37-30(22)41(18-42)28-26(19(2)3)35-17-36-31(28)38(6)7/h8-12,15,17-20H,1,13-14,16H2,2-7H3/b34-29+. The number of hydrogen-bond donors (Lipinski definition) is 0. The predicted octanol–water partition coefficient (Wildman–Crippen LogP) is 4.91. The SMILES string of the molecule is C=CC(=O)N1CCN(/C(=N/C)c2cc(Cl)c(-c3ccccc3F)nc2N(C=O)c2c(C(C)C)ncnc2N(C)C)C(C)C1. The maximum absolute atomic E-state index is 15.1. The lowest BCUT2D eigenvalue weighted by Gasteiger charge is -2.41. The zero-order valence-electron chi connectivity index (χ0n) is 25.3. The van der Waals surface area contributed by atoms with Crippen molar-refractivity contribution in [1.82, 2.24) is 24.8 Å². The number of amides is 2. The molecule has 1 unspecified atom stereocenters. The number of carbonyl (C=O) groups is 2. The number of piperazine rings is 1. The lowest BCUT2D eigenvalue weighted by Crippen LogP contribution is -2.55. The van der Waals surface area contributed by atoms with E-state index >= 15 is 4.39 Å². The third kappa shape index (κ3) is 6.22. The summed E-state index contributed by atoms with van der Waals surface area (Å²) < 4.78 is 15.1. The van der Waals surface area contributed by atoms with Crippen LogP contribution in [0, 0.1) is 5.82 Å². The molecule has 0 aliphatic carbocycles. The van der Waals surface area contributed by atoms with Crippen LogP contribution in [0.25, 0.3) is 11.3 Å². The minimum Gasteiger partial charge on any atom is -0.361 e. The lowest BCUT2D eigenvalue weighted by molar-refractivity contribution is -0.128. The number of amidine groups is 1. The van der Waals surface area contributed by atoms with Gasteiger partial charge in [-0.25, -0.2) is 19.3 Å². The van der Waals surface area contributed by atoms with E-state index in [0.717, 1.165) is 0 Å². The highest BCUT2D eigenvalue weighted by Gasteiger charge is 2.33.